The van der Waals surface area contributed by atoms with Gasteiger partial charge in [-0.25, -0.2) is 0 Å². The van der Waals surface area contributed by atoms with Gasteiger partial charge in [0.25, 0.3) is 0 Å². The molecule has 3 heteroatoms. The van der Waals surface area contributed by atoms with Crippen LogP contribution in [0.25, 0.3) is 0 Å². The second kappa shape index (κ2) is 3.29. The van der Waals surface area contributed by atoms with E-state index in [0.29, 0.717) is 0 Å². The number of hydrogen-bond donors (Lipinski definition) is 0. The van der Waals surface area contributed by atoms with E-state index in [4.69, 9.17) is 3.07 Å². The van der Waals surface area contributed by atoms with Crippen LogP contribution in [-0.4, -0.2) is 26.1 Å². The fourth-order valence-corrected chi connectivity index (χ4v) is 1.93. The predicted molar refractivity (Wildman–Crippen MR) is 29.2 cm³/mol. The third kappa shape index (κ3) is 6.27. The van der Waals surface area contributed by atoms with Gasteiger partial charge in [-0.05, 0) is 0 Å². The zero-order chi connectivity index (χ0) is 5.86. The van der Waals surface area contributed by atoms with Gasteiger partial charge >= 0.3 is 50.8 Å². The summed E-state index contributed by atoms with van der Waals surface area (Å²) in [5, 5.41) is 0. The molecule has 0 N–H and O–H groups in total. The molecule has 0 aliphatic heterocycles. The van der Waals surface area contributed by atoms with Crippen LogP contribution >= 0.6 is 0 Å². The first kappa shape index (κ1) is 7.27. The minimum absolute atomic E-state index is 0.126. The molecule has 0 heterocycles. The van der Waals surface area contributed by atoms with E-state index in [1.807, 2.05) is 9.88 Å². The second-order valence-electron chi connectivity index (χ2n) is 1.50. The normalized spacial score (nSPS) is 9.14. The Bertz CT molecular complexity index is 70.1. The number of rotatable bonds is 1. The molecule has 2 nitrogen and oxygen atoms in total. The van der Waals surface area contributed by atoms with Crippen molar-refractivity contribution >= 4 is 26.1 Å². The molecular weight excluding hydrogens is 199 g/mol. The van der Waals surface area contributed by atoms with E-state index >= 15 is 0 Å². The van der Waals surface area contributed by atoms with Crippen LogP contribution in [0.1, 0.15) is 6.92 Å². The van der Waals surface area contributed by atoms with Crippen molar-refractivity contribution in [3.8, 4) is 0 Å². The Balaban J connectivity index is 3.13. The summed E-state index contributed by atoms with van der Waals surface area (Å²) in [6, 6.07) is 0. The summed E-state index contributed by atoms with van der Waals surface area (Å²) in [7, 11) is 0. The fraction of sp³-hybridized carbons (Fsp3) is 0.750. The Labute approximate surface area is 51.1 Å². The van der Waals surface area contributed by atoms with Gasteiger partial charge in [0.05, 0.1) is 0 Å². The Hall–Kier alpha value is 0.269. The summed E-state index contributed by atoms with van der Waals surface area (Å²) in [5.74, 6) is -0.126. The van der Waals surface area contributed by atoms with Gasteiger partial charge < -0.3 is 0 Å². The molecule has 7 heavy (non-hydrogen) atoms. The van der Waals surface area contributed by atoms with E-state index in [2.05, 4.69) is 0 Å². The van der Waals surface area contributed by atoms with Crippen LogP contribution in [-0.2, 0) is 7.87 Å². The first-order valence-corrected chi connectivity index (χ1v) is 8.99. The van der Waals surface area contributed by atoms with Gasteiger partial charge in [0.2, 0.25) is 0 Å². The Morgan fingerprint density at radius 3 is 2.00 bits per heavy atom. The van der Waals surface area contributed by atoms with Crippen LogP contribution < -0.4 is 0 Å². The summed E-state index contributed by atoms with van der Waals surface area (Å²) in [6.07, 6.45) is 0. The third-order valence-corrected chi connectivity index (χ3v) is 2.33. The van der Waals surface area contributed by atoms with Crippen LogP contribution in [0.3, 0.4) is 0 Å². The molecule has 41 valence electrons. The molecule has 0 aromatic carbocycles. The molecule has 0 bridgehead atoms. The SMILES string of the molecule is CC(=O)[O][Sn]([CH3])[CH3]. The van der Waals surface area contributed by atoms with Gasteiger partial charge in [-0.3, -0.25) is 0 Å². The van der Waals surface area contributed by atoms with Crippen molar-refractivity contribution in [2.24, 2.45) is 0 Å². The van der Waals surface area contributed by atoms with Gasteiger partial charge in [0.1, 0.15) is 0 Å². The maximum absolute atomic E-state index is 10.1. The summed E-state index contributed by atoms with van der Waals surface area (Å²) < 4.78 is 4.81. The molecule has 0 spiro atoms. The molecule has 0 rings (SSSR count). The van der Waals surface area contributed by atoms with Crippen LogP contribution in [0.4, 0.5) is 0 Å². The topological polar surface area (TPSA) is 26.3 Å². The fourth-order valence-electron chi connectivity index (χ4n) is 0.287. The standard InChI is InChI=1S/C2H4O2.2CH3.Sn/c1-2(3)4;;;/h1H3,(H,3,4);2*1H3;/q;;;+1/p-1. The first-order chi connectivity index (χ1) is 3.13. The molecule has 0 aromatic heterocycles. The number of carbonyl (C=O) groups excluding carboxylic acids is 1. The van der Waals surface area contributed by atoms with Crippen molar-refractivity contribution < 1.29 is 7.87 Å². The maximum atomic E-state index is 10.1. The van der Waals surface area contributed by atoms with Crippen LogP contribution in [0, 0.1) is 0 Å². The van der Waals surface area contributed by atoms with E-state index in [-0.39, 0.29) is 5.97 Å². The van der Waals surface area contributed by atoms with Gasteiger partial charge in [0, 0.05) is 0 Å². The Morgan fingerprint density at radius 1 is 1.57 bits per heavy atom. The van der Waals surface area contributed by atoms with Crippen molar-refractivity contribution in [2.45, 2.75) is 16.8 Å². The minimum atomic E-state index is -1.54. The molecule has 1 radical (unpaired) electrons. The van der Waals surface area contributed by atoms with Crippen LogP contribution in [0.15, 0.2) is 0 Å². The molecule has 0 aromatic rings. The molecule has 0 aliphatic carbocycles. The van der Waals surface area contributed by atoms with Gasteiger partial charge in [0.15, 0.2) is 0 Å². The van der Waals surface area contributed by atoms with Crippen molar-refractivity contribution in [1.29, 1.82) is 0 Å². The van der Waals surface area contributed by atoms with Gasteiger partial charge in [-0.1, -0.05) is 0 Å². The first-order valence-electron chi connectivity index (χ1n) is 2.11. The molecule has 0 saturated carbocycles. The van der Waals surface area contributed by atoms with Crippen molar-refractivity contribution in [3.63, 3.8) is 0 Å². The number of carbonyl (C=O) groups is 1. The van der Waals surface area contributed by atoms with Crippen molar-refractivity contribution in [3.05, 3.63) is 0 Å². The average molecular weight is 208 g/mol. The van der Waals surface area contributed by atoms with E-state index < -0.39 is 20.2 Å². The Morgan fingerprint density at radius 2 is 2.00 bits per heavy atom. The zero-order valence-corrected chi connectivity index (χ0v) is 7.67. The summed E-state index contributed by atoms with van der Waals surface area (Å²) in [5.41, 5.74) is 0. The average Bonchev–Trinajstić information content (AvgIpc) is 1.27. The summed E-state index contributed by atoms with van der Waals surface area (Å²) in [4.78, 5) is 14.1. The third-order valence-electron chi connectivity index (χ3n) is 0.348. The molecule has 0 fully saturated rings. The van der Waals surface area contributed by atoms with E-state index in [1.54, 1.807) is 0 Å². The van der Waals surface area contributed by atoms with Crippen LogP contribution in [0.5, 0.6) is 0 Å². The zero-order valence-electron chi connectivity index (χ0n) is 4.82. The molecular formula is C4H9O2Sn. The summed E-state index contributed by atoms with van der Waals surface area (Å²) in [6.45, 7) is 1.45. The van der Waals surface area contributed by atoms with Gasteiger partial charge in [-0.2, -0.15) is 0 Å². The second-order valence-corrected chi connectivity index (χ2v) is 7.27. The Kier molecular flexibility index (Phi) is 3.42. The molecule has 0 amide bonds. The van der Waals surface area contributed by atoms with E-state index in [0.717, 1.165) is 0 Å². The number of hydrogen-bond acceptors (Lipinski definition) is 2. The predicted octanol–water partition coefficient (Wildman–Crippen LogP) is 0.801. The van der Waals surface area contributed by atoms with Crippen molar-refractivity contribution in [2.75, 3.05) is 0 Å². The van der Waals surface area contributed by atoms with E-state index in [1.165, 1.54) is 6.92 Å². The molecule has 0 aliphatic rings. The van der Waals surface area contributed by atoms with E-state index in [9.17, 15) is 4.79 Å². The monoisotopic (exact) mass is 209 g/mol. The van der Waals surface area contributed by atoms with Crippen molar-refractivity contribution in [1.82, 2.24) is 0 Å². The molecule has 0 unspecified atom stereocenters. The molecule has 0 atom stereocenters. The van der Waals surface area contributed by atoms with Crippen LogP contribution in [0.2, 0.25) is 9.88 Å². The molecule has 0 saturated heterocycles. The summed E-state index contributed by atoms with van der Waals surface area (Å²) >= 11 is -1.54. The quantitative estimate of drug-likeness (QED) is 0.595. The van der Waals surface area contributed by atoms with Gasteiger partial charge in [-0.15, -0.1) is 0 Å².